The number of carboxylic acid groups (broad SMARTS) is 1. The van der Waals surface area contributed by atoms with E-state index in [1.54, 1.807) is 20.8 Å². The van der Waals surface area contributed by atoms with Crippen molar-refractivity contribution in [3.63, 3.8) is 0 Å². The summed E-state index contributed by atoms with van der Waals surface area (Å²) in [5, 5.41) is 9.11. The zero-order chi connectivity index (χ0) is 13.6. The minimum Gasteiger partial charge on any atom is -0.481 e. The summed E-state index contributed by atoms with van der Waals surface area (Å²) in [6.07, 6.45) is -0.385. The molecule has 2 heterocycles. The van der Waals surface area contributed by atoms with Gasteiger partial charge in [-0.15, -0.1) is 0 Å². The van der Waals surface area contributed by atoms with Crippen LogP contribution in [0.2, 0.25) is 0 Å². The Hall–Kier alpha value is -1.30. The van der Waals surface area contributed by atoms with Crippen LogP contribution in [0.15, 0.2) is 0 Å². The summed E-state index contributed by atoms with van der Waals surface area (Å²) >= 11 is 0. The van der Waals surface area contributed by atoms with Crippen molar-refractivity contribution in [3.05, 3.63) is 0 Å². The first kappa shape index (κ1) is 13.1. The molecule has 6 nitrogen and oxygen atoms in total. The largest absolute Gasteiger partial charge is 0.481 e. The molecule has 102 valence electrons. The summed E-state index contributed by atoms with van der Waals surface area (Å²) in [4.78, 5) is 24.4. The van der Waals surface area contributed by atoms with Gasteiger partial charge in [0.2, 0.25) is 0 Å². The Morgan fingerprint density at radius 2 is 2.00 bits per heavy atom. The molecule has 2 aliphatic heterocycles. The topological polar surface area (TPSA) is 76.1 Å². The molecule has 2 aliphatic rings. The zero-order valence-electron chi connectivity index (χ0n) is 10.9. The third-order valence-corrected chi connectivity index (χ3v) is 3.37. The van der Waals surface area contributed by atoms with Crippen molar-refractivity contribution in [2.75, 3.05) is 26.3 Å². The molecule has 0 saturated carbocycles. The maximum atomic E-state index is 11.8. The minimum absolute atomic E-state index is 0.234. The number of ether oxygens (including phenoxy) is 2. The number of amides is 1. The van der Waals surface area contributed by atoms with Gasteiger partial charge in [-0.25, -0.2) is 4.79 Å². The van der Waals surface area contributed by atoms with Gasteiger partial charge in [-0.1, -0.05) is 0 Å². The fourth-order valence-electron chi connectivity index (χ4n) is 2.47. The van der Waals surface area contributed by atoms with Crippen LogP contribution in [0.3, 0.4) is 0 Å². The van der Waals surface area contributed by atoms with Crippen molar-refractivity contribution in [2.24, 2.45) is 11.3 Å². The number of nitrogens with zero attached hydrogens (tertiary/aromatic N) is 1. The second-order valence-corrected chi connectivity index (χ2v) is 6.10. The van der Waals surface area contributed by atoms with Crippen LogP contribution in [-0.4, -0.2) is 54.0 Å². The van der Waals surface area contributed by atoms with E-state index in [-0.39, 0.29) is 12.7 Å². The number of carbonyl (C=O) groups is 2. The monoisotopic (exact) mass is 257 g/mol. The summed E-state index contributed by atoms with van der Waals surface area (Å²) in [6.45, 7) is 6.86. The quantitative estimate of drug-likeness (QED) is 0.757. The molecule has 6 heteroatoms. The zero-order valence-corrected chi connectivity index (χ0v) is 10.9. The number of hydrogen-bond acceptors (Lipinski definition) is 4. The molecule has 1 spiro atoms. The van der Waals surface area contributed by atoms with Crippen molar-refractivity contribution >= 4 is 12.1 Å². The lowest BCUT2D eigenvalue weighted by Crippen LogP contribution is -2.63. The van der Waals surface area contributed by atoms with E-state index in [1.165, 1.54) is 4.90 Å². The summed E-state index contributed by atoms with van der Waals surface area (Å²) in [6, 6.07) is 0. The molecule has 0 aromatic carbocycles. The maximum Gasteiger partial charge on any atom is 0.410 e. The van der Waals surface area contributed by atoms with E-state index in [9.17, 15) is 9.59 Å². The highest BCUT2D eigenvalue weighted by Crippen LogP contribution is 2.43. The van der Waals surface area contributed by atoms with Crippen molar-refractivity contribution < 1.29 is 24.2 Å². The van der Waals surface area contributed by atoms with Crippen LogP contribution in [0, 0.1) is 11.3 Å². The molecule has 1 N–H and O–H groups in total. The van der Waals surface area contributed by atoms with Crippen LogP contribution in [0.25, 0.3) is 0 Å². The predicted octanol–water partition coefficient (Wildman–Crippen LogP) is 0.954. The molecule has 0 aromatic rings. The SMILES string of the molecule is CC(C)(C)OC(=O)N1CC2(COCC2C(=O)O)C1. The van der Waals surface area contributed by atoms with Crippen molar-refractivity contribution in [1.82, 2.24) is 4.90 Å². The van der Waals surface area contributed by atoms with E-state index in [2.05, 4.69) is 0 Å². The van der Waals surface area contributed by atoms with E-state index in [4.69, 9.17) is 14.6 Å². The van der Waals surface area contributed by atoms with Gasteiger partial charge in [0.1, 0.15) is 5.60 Å². The average molecular weight is 257 g/mol. The highest BCUT2D eigenvalue weighted by Gasteiger charge is 2.57. The van der Waals surface area contributed by atoms with Gasteiger partial charge in [0.25, 0.3) is 0 Å². The average Bonchev–Trinajstić information content (AvgIpc) is 2.55. The second-order valence-electron chi connectivity index (χ2n) is 6.10. The molecule has 1 atom stereocenters. The summed E-state index contributed by atoms with van der Waals surface area (Å²) in [7, 11) is 0. The lowest BCUT2D eigenvalue weighted by atomic mass is 9.72. The van der Waals surface area contributed by atoms with Gasteiger partial charge >= 0.3 is 12.1 Å². The summed E-state index contributed by atoms with van der Waals surface area (Å²) in [5.74, 6) is -1.37. The van der Waals surface area contributed by atoms with Gasteiger partial charge in [0.15, 0.2) is 0 Å². The van der Waals surface area contributed by atoms with Crippen molar-refractivity contribution in [2.45, 2.75) is 26.4 Å². The smallest absolute Gasteiger partial charge is 0.410 e. The molecule has 1 unspecified atom stereocenters. The third kappa shape index (κ3) is 2.29. The number of carbonyl (C=O) groups excluding carboxylic acids is 1. The molecule has 2 rings (SSSR count). The van der Waals surface area contributed by atoms with Crippen LogP contribution in [0.1, 0.15) is 20.8 Å². The lowest BCUT2D eigenvalue weighted by molar-refractivity contribution is -0.149. The summed E-state index contributed by atoms with van der Waals surface area (Å²) < 4.78 is 10.5. The molecule has 0 bridgehead atoms. The molecule has 18 heavy (non-hydrogen) atoms. The molecule has 0 aromatic heterocycles. The predicted molar refractivity (Wildman–Crippen MR) is 62.2 cm³/mol. The first-order chi connectivity index (χ1) is 8.23. The highest BCUT2D eigenvalue weighted by molar-refractivity contribution is 5.74. The Morgan fingerprint density at radius 3 is 2.50 bits per heavy atom. The van der Waals surface area contributed by atoms with Crippen LogP contribution < -0.4 is 0 Å². The standard InChI is InChI=1S/C12H19NO5/c1-11(2,3)18-10(16)13-5-12(6-13)7-17-4-8(12)9(14)15/h8H,4-7H2,1-3H3,(H,14,15). The van der Waals surface area contributed by atoms with Crippen LogP contribution in [0.5, 0.6) is 0 Å². The molecule has 2 saturated heterocycles. The Kier molecular flexibility index (Phi) is 3.01. The van der Waals surface area contributed by atoms with Crippen LogP contribution >= 0.6 is 0 Å². The van der Waals surface area contributed by atoms with E-state index < -0.39 is 22.9 Å². The van der Waals surface area contributed by atoms with Crippen LogP contribution in [-0.2, 0) is 14.3 Å². The number of rotatable bonds is 1. The van der Waals surface area contributed by atoms with Crippen molar-refractivity contribution in [1.29, 1.82) is 0 Å². The number of aliphatic carboxylic acids is 1. The number of carboxylic acids is 1. The van der Waals surface area contributed by atoms with Gasteiger partial charge in [-0.2, -0.15) is 0 Å². The Labute approximate surface area is 106 Å². The van der Waals surface area contributed by atoms with E-state index in [0.29, 0.717) is 19.7 Å². The van der Waals surface area contributed by atoms with Gasteiger partial charge < -0.3 is 19.5 Å². The summed E-state index contributed by atoms with van der Waals surface area (Å²) in [5.41, 5.74) is -0.944. The van der Waals surface area contributed by atoms with Gasteiger partial charge in [0.05, 0.1) is 19.1 Å². The third-order valence-electron chi connectivity index (χ3n) is 3.37. The fourth-order valence-corrected chi connectivity index (χ4v) is 2.47. The van der Waals surface area contributed by atoms with Gasteiger partial charge in [-0.3, -0.25) is 4.79 Å². The molecular formula is C12H19NO5. The molecule has 0 aliphatic carbocycles. The first-order valence-corrected chi connectivity index (χ1v) is 6.02. The Morgan fingerprint density at radius 1 is 1.39 bits per heavy atom. The molecular weight excluding hydrogens is 238 g/mol. The van der Waals surface area contributed by atoms with Crippen molar-refractivity contribution in [3.8, 4) is 0 Å². The fraction of sp³-hybridized carbons (Fsp3) is 0.833. The molecule has 0 radical (unpaired) electrons. The first-order valence-electron chi connectivity index (χ1n) is 6.02. The molecule has 2 fully saturated rings. The highest BCUT2D eigenvalue weighted by atomic mass is 16.6. The lowest BCUT2D eigenvalue weighted by Gasteiger charge is -2.48. The molecule has 1 amide bonds. The minimum atomic E-state index is -0.851. The van der Waals surface area contributed by atoms with E-state index >= 15 is 0 Å². The maximum absolute atomic E-state index is 11.8. The Bertz CT molecular complexity index is 367. The van der Waals surface area contributed by atoms with E-state index in [0.717, 1.165) is 0 Å². The normalized spacial score (nSPS) is 25.9. The van der Waals surface area contributed by atoms with E-state index in [1.807, 2.05) is 0 Å². The van der Waals surface area contributed by atoms with Gasteiger partial charge in [-0.05, 0) is 20.8 Å². The second kappa shape index (κ2) is 4.12. The number of hydrogen-bond donors (Lipinski definition) is 1. The number of likely N-dealkylation sites (tertiary alicyclic amines) is 1. The Balaban J connectivity index is 1.93. The van der Waals surface area contributed by atoms with Gasteiger partial charge in [0, 0.05) is 18.5 Å². The van der Waals surface area contributed by atoms with Crippen LogP contribution in [0.4, 0.5) is 4.79 Å².